The monoisotopic (exact) mass is 258 g/mol. The Morgan fingerprint density at radius 2 is 1.55 bits per heavy atom. The molecule has 4 aromatic rings. The van der Waals surface area contributed by atoms with Crippen molar-refractivity contribution in [2.24, 2.45) is 0 Å². The minimum atomic E-state index is 0.947. The van der Waals surface area contributed by atoms with Crippen molar-refractivity contribution in [1.29, 1.82) is 0 Å². The summed E-state index contributed by atoms with van der Waals surface area (Å²) >= 11 is 0. The summed E-state index contributed by atoms with van der Waals surface area (Å²) in [6, 6.07) is 23.1. The van der Waals surface area contributed by atoms with Crippen LogP contribution in [0, 0.1) is 6.92 Å². The zero-order valence-electron chi connectivity index (χ0n) is 11.3. The van der Waals surface area contributed by atoms with Gasteiger partial charge < -0.3 is 4.42 Å². The van der Waals surface area contributed by atoms with E-state index in [2.05, 4.69) is 61.5 Å². The van der Waals surface area contributed by atoms with Gasteiger partial charge in [0.05, 0.1) is 0 Å². The summed E-state index contributed by atoms with van der Waals surface area (Å²) in [5.41, 5.74) is 5.54. The topological polar surface area (TPSA) is 13.1 Å². The van der Waals surface area contributed by atoms with Crippen LogP contribution in [-0.2, 0) is 0 Å². The van der Waals surface area contributed by atoms with Crippen LogP contribution in [0.4, 0.5) is 0 Å². The van der Waals surface area contributed by atoms with Crippen molar-refractivity contribution in [3.63, 3.8) is 0 Å². The van der Waals surface area contributed by atoms with Gasteiger partial charge >= 0.3 is 0 Å². The van der Waals surface area contributed by atoms with Crippen molar-refractivity contribution < 1.29 is 4.42 Å². The zero-order chi connectivity index (χ0) is 13.5. The molecule has 1 heteroatoms. The third-order valence-corrected chi connectivity index (χ3v) is 3.73. The number of aryl methyl sites for hydroxylation is 1. The summed E-state index contributed by atoms with van der Waals surface area (Å²) in [5.74, 6) is 0. The standard InChI is InChI=1S/C19H14O/c1-13-6-4-7-14(12-13)15-9-5-10-17-16-8-2-3-11-18(16)20-19(15)17/h2-12H,1H3. The number of hydrogen-bond donors (Lipinski definition) is 0. The van der Waals surface area contributed by atoms with Gasteiger partial charge in [0.25, 0.3) is 0 Å². The van der Waals surface area contributed by atoms with Crippen LogP contribution in [0.3, 0.4) is 0 Å². The number of hydrogen-bond acceptors (Lipinski definition) is 1. The van der Waals surface area contributed by atoms with E-state index in [1.807, 2.05) is 12.1 Å². The van der Waals surface area contributed by atoms with E-state index in [1.54, 1.807) is 0 Å². The number of fused-ring (bicyclic) bond motifs is 3. The highest BCUT2D eigenvalue weighted by Crippen LogP contribution is 2.35. The molecule has 0 atom stereocenters. The van der Waals surface area contributed by atoms with Crippen LogP contribution in [0.1, 0.15) is 5.56 Å². The second kappa shape index (κ2) is 4.24. The predicted octanol–water partition coefficient (Wildman–Crippen LogP) is 5.56. The Hall–Kier alpha value is -2.54. The van der Waals surface area contributed by atoms with Crippen LogP contribution in [0.25, 0.3) is 33.1 Å². The van der Waals surface area contributed by atoms with Gasteiger partial charge in [0.1, 0.15) is 11.2 Å². The summed E-state index contributed by atoms with van der Waals surface area (Å²) in [5, 5.41) is 2.36. The summed E-state index contributed by atoms with van der Waals surface area (Å²) < 4.78 is 6.08. The number of para-hydroxylation sites is 2. The molecule has 0 aliphatic heterocycles. The lowest BCUT2D eigenvalue weighted by Gasteiger charge is -2.03. The van der Waals surface area contributed by atoms with Crippen LogP contribution in [0.15, 0.2) is 71.1 Å². The van der Waals surface area contributed by atoms with Crippen LogP contribution >= 0.6 is 0 Å². The Morgan fingerprint density at radius 1 is 0.750 bits per heavy atom. The minimum Gasteiger partial charge on any atom is -0.455 e. The molecule has 0 fully saturated rings. The molecule has 0 saturated heterocycles. The largest absolute Gasteiger partial charge is 0.455 e. The molecule has 3 aromatic carbocycles. The number of rotatable bonds is 1. The fraction of sp³-hybridized carbons (Fsp3) is 0.0526. The Bertz CT molecular complexity index is 915. The Kier molecular flexibility index (Phi) is 2.40. The second-order valence-corrected chi connectivity index (χ2v) is 5.15. The summed E-state index contributed by atoms with van der Waals surface area (Å²) in [7, 11) is 0. The molecule has 0 N–H and O–H groups in total. The molecular weight excluding hydrogens is 244 g/mol. The molecule has 0 bridgehead atoms. The molecule has 0 spiro atoms. The summed E-state index contributed by atoms with van der Waals surface area (Å²) in [6.07, 6.45) is 0. The fourth-order valence-electron chi connectivity index (χ4n) is 2.79. The fourth-order valence-corrected chi connectivity index (χ4v) is 2.79. The maximum absolute atomic E-state index is 6.08. The van der Waals surface area contributed by atoms with E-state index >= 15 is 0 Å². The van der Waals surface area contributed by atoms with Crippen LogP contribution in [0.2, 0.25) is 0 Å². The molecular formula is C19H14O. The third-order valence-electron chi connectivity index (χ3n) is 3.73. The highest BCUT2D eigenvalue weighted by Gasteiger charge is 2.11. The van der Waals surface area contributed by atoms with E-state index in [1.165, 1.54) is 21.9 Å². The Balaban J connectivity index is 2.10. The van der Waals surface area contributed by atoms with Gasteiger partial charge in [0, 0.05) is 16.3 Å². The van der Waals surface area contributed by atoms with Gasteiger partial charge in [-0.05, 0) is 18.6 Å². The first-order valence-corrected chi connectivity index (χ1v) is 6.80. The van der Waals surface area contributed by atoms with E-state index in [0.717, 1.165) is 16.7 Å². The normalized spacial score (nSPS) is 11.2. The zero-order valence-corrected chi connectivity index (χ0v) is 11.3. The second-order valence-electron chi connectivity index (χ2n) is 5.15. The van der Waals surface area contributed by atoms with Crippen molar-refractivity contribution >= 4 is 21.9 Å². The molecule has 1 heterocycles. The van der Waals surface area contributed by atoms with E-state index < -0.39 is 0 Å². The Labute approximate surface area is 117 Å². The first kappa shape index (κ1) is 11.3. The lowest BCUT2D eigenvalue weighted by atomic mass is 10.0. The van der Waals surface area contributed by atoms with E-state index in [0.29, 0.717) is 0 Å². The molecule has 1 aromatic heterocycles. The highest BCUT2D eigenvalue weighted by atomic mass is 16.3. The van der Waals surface area contributed by atoms with Gasteiger partial charge in [-0.15, -0.1) is 0 Å². The van der Waals surface area contributed by atoms with Crippen LogP contribution in [-0.4, -0.2) is 0 Å². The smallest absolute Gasteiger partial charge is 0.143 e. The van der Waals surface area contributed by atoms with Crippen LogP contribution in [0.5, 0.6) is 0 Å². The minimum absolute atomic E-state index is 0.947. The highest BCUT2D eigenvalue weighted by molar-refractivity contribution is 6.09. The lowest BCUT2D eigenvalue weighted by molar-refractivity contribution is 0.670. The van der Waals surface area contributed by atoms with Gasteiger partial charge in [-0.2, -0.15) is 0 Å². The van der Waals surface area contributed by atoms with Crippen LogP contribution < -0.4 is 0 Å². The average Bonchev–Trinajstić information content (AvgIpc) is 2.86. The molecule has 0 amide bonds. The number of benzene rings is 3. The maximum Gasteiger partial charge on any atom is 0.143 e. The summed E-state index contributed by atoms with van der Waals surface area (Å²) in [4.78, 5) is 0. The lowest BCUT2D eigenvalue weighted by Crippen LogP contribution is -1.80. The molecule has 0 radical (unpaired) electrons. The van der Waals surface area contributed by atoms with Crippen molar-refractivity contribution in [2.45, 2.75) is 6.92 Å². The molecule has 0 aliphatic carbocycles. The summed E-state index contributed by atoms with van der Waals surface area (Å²) in [6.45, 7) is 2.11. The van der Waals surface area contributed by atoms with E-state index in [-0.39, 0.29) is 0 Å². The van der Waals surface area contributed by atoms with Gasteiger partial charge in [-0.1, -0.05) is 66.2 Å². The van der Waals surface area contributed by atoms with Gasteiger partial charge in [-0.25, -0.2) is 0 Å². The maximum atomic E-state index is 6.08. The van der Waals surface area contributed by atoms with Crippen molar-refractivity contribution in [1.82, 2.24) is 0 Å². The quantitative estimate of drug-likeness (QED) is 0.435. The van der Waals surface area contributed by atoms with Crippen molar-refractivity contribution in [3.8, 4) is 11.1 Å². The molecule has 1 nitrogen and oxygen atoms in total. The molecule has 0 unspecified atom stereocenters. The average molecular weight is 258 g/mol. The molecule has 0 saturated carbocycles. The van der Waals surface area contributed by atoms with Gasteiger partial charge in [0.2, 0.25) is 0 Å². The third kappa shape index (κ3) is 1.64. The van der Waals surface area contributed by atoms with Crippen molar-refractivity contribution in [2.75, 3.05) is 0 Å². The van der Waals surface area contributed by atoms with Crippen molar-refractivity contribution in [3.05, 3.63) is 72.3 Å². The van der Waals surface area contributed by atoms with E-state index in [4.69, 9.17) is 4.42 Å². The van der Waals surface area contributed by atoms with Gasteiger partial charge in [0.15, 0.2) is 0 Å². The molecule has 4 rings (SSSR count). The van der Waals surface area contributed by atoms with E-state index in [9.17, 15) is 0 Å². The first-order valence-electron chi connectivity index (χ1n) is 6.80. The first-order chi connectivity index (χ1) is 9.83. The molecule has 20 heavy (non-hydrogen) atoms. The predicted molar refractivity (Wildman–Crippen MR) is 83.9 cm³/mol. The number of furan rings is 1. The molecule has 96 valence electrons. The van der Waals surface area contributed by atoms with Gasteiger partial charge in [-0.3, -0.25) is 0 Å². The Morgan fingerprint density at radius 3 is 2.45 bits per heavy atom. The SMILES string of the molecule is Cc1cccc(-c2cccc3c2oc2ccccc23)c1. The molecule has 0 aliphatic rings.